The molecule has 1 atom stereocenters. The van der Waals surface area contributed by atoms with Crippen LogP contribution in [0.1, 0.15) is 54.4 Å². The van der Waals surface area contributed by atoms with E-state index in [0.29, 0.717) is 12.1 Å². The maximum atomic E-state index is 9.01. The minimum absolute atomic E-state index is 0.0411. The molecule has 0 bridgehead atoms. The summed E-state index contributed by atoms with van der Waals surface area (Å²) in [6.45, 7) is 14.3. The summed E-state index contributed by atoms with van der Waals surface area (Å²) < 4.78 is 6.16. The van der Waals surface area contributed by atoms with Crippen molar-refractivity contribution in [2.24, 2.45) is 0 Å². The first-order chi connectivity index (χ1) is 7.69. The van der Waals surface area contributed by atoms with E-state index < -0.39 is 0 Å². The van der Waals surface area contributed by atoms with Crippen molar-refractivity contribution in [3.05, 3.63) is 0 Å². The summed E-state index contributed by atoms with van der Waals surface area (Å²) in [5.41, 5.74) is -0.149. The first-order valence-corrected chi connectivity index (χ1v) is 6.76. The topological polar surface area (TPSA) is 32.7 Å². The highest BCUT2D eigenvalue weighted by Crippen LogP contribution is 2.40. The molecule has 1 heterocycles. The number of aliphatic hydroxyl groups is 1. The van der Waals surface area contributed by atoms with E-state index in [0.717, 1.165) is 19.4 Å². The maximum Gasteiger partial charge on any atom is 0.0789 e. The van der Waals surface area contributed by atoms with Crippen LogP contribution < -0.4 is 0 Å². The molecule has 0 saturated carbocycles. The van der Waals surface area contributed by atoms with Crippen LogP contribution in [0, 0.1) is 0 Å². The van der Waals surface area contributed by atoms with E-state index in [9.17, 15) is 0 Å². The lowest BCUT2D eigenvalue weighted by atomic mass is 9.92. The van der Waals surface area contributed by atoms with Gasteiger partial charge in [0.2, 0.25) is 0 Å². The van der Waals surface area contributed by atoms with E-state index in [1.165, 1.54) is 0 Å². The minimum Gasteiger partial charge on any atom is -0.396 e. The third-order valence-corrected chi connectivity index (χ3v) is 3.66. The second kappa shape index (κ2) is 5.25. The van der Waals surface area contributed by atoms with E-state index in [-0.39, 0.29) is 17.8 Å². The van der Waals surface area contributed by atoms with Crippen molar-refractivity contribution in [2.75, 3.05) is 13.2 Å². The van der Waals surface area contributed by atoms with Crippen LogP contribution in [0.2, 0.25) is 0 Å². The Bertz CT molecular complexity index is 249. The highest BCUT2D eigenvalue weighted by Gasteiger charge is 2.48. The summed E-state index contributed by atoms with van der Waals surface area (Å²) >= 11 is 0. The molecule has 0 aromatic heterocycles. The number of rotatable bonds is 5. The van der Waals surface area contributed by atoms with Gasteiger partial charge in [0.1, 0.15) is 0 Å². The van der Waals surface area contributed by atoms with Crippen LogP contribution in [0.4, 0.5) is 0 Å². The minimum atomic E-state index is -0.108. The molecule has 1 fully saturated rings. The number of ether oxygens (including phenoxy) is 1. The van der Waals surface area contributed by atoms with Gasteiger partial charge in [-0.25, -0.2) is 0 Å². The van der Waals surface area contributed by atoms with Gasteiger partial charge in [-0.15, -0.1) is 0 Å². The monoisotopic (exact) mass is 243 g/mol. The first kappa shape index (κ1) is 14.9. The number of aliphatic hydroxyl groups excluding tert-OH is 1. The molecule has 0 radical (unpaired) electrons. The van der Waals surface area contributed by atoms with Gasteiger partial charge >= 0.3 is 0 Å². The van der Waals surface area contributed by atoms with E-state index in [1.807, 2.05) is 0 Å². The molecule has 3 heteroatoms. The van der Waals surface area contributed by atoms with Gasteiger partial charge < -0.3 is 9.84 Å². The summed E-state index contributed by atoms with van der Waals surface area (Å²) in [5.74, 6) is 0. The molecule has 3 nitrogen and oxygen atoms in total. The van der Waals surface area contributed by atoms with Crippen LogP contribution >= 0.6 is 0 Å². The summed E-state index contributed by atoms with van der Waals surface area (Å²) in [5, 5.41) is 9.01. The fourth-order valence-electron chi connectivity index (χ4n) is 3.08. The standard InChI is InChI=1S/C14H29NO2/c1-11(2)15(8-7-9-16)12-10-13(3,4)17-14(12,5)6/h11-12,16H,7-10H2,1-6H3. The molecule has 0 spiro atoms. The molecule has 17 heavy (non-hydrogen) atoms. The molecule has 1 saturated heterocycles. The van der Waals surface area contributed by atoms with Gasteiger partial charge in [0, 0.05) is 25.2 Å². The van der Waals surface area contributed by atoms with E-state index in [2.05, 4.69) is 46.4 Å². The third kappa shape index (κ3) is 3.67. The second-order valence-electron chi connectivity index (χ2n) is 6.59. The highest BCUT2D eigenvalue weighted by atomic mass is 16.5. The second-order valence-corrected chi connectivity index (χ2v) is 6.59. The van der Waals surface area contributed by atoms with Crippen molar-refractivity contribution in [1.29, 1.82) is 0 Å². The van der Waals surface area contributed by atoms with Crippen molar-refractivity contribution in [3.8, 4) is 0 Å². The van der Waals surface area contributed by atoms with Crippen molar-refractivity contribution in [1.82, 2.24) is 4.90 Å². The summed E-state index contributed by atoms with van der Waals surface area (Å²) in [7, 11) is 0. The summed E-state index contributed by atoms with van der Waals surface area (Å²) in [6.07, 6.45) is 1.90. The molecule has 1 rings (SSSR count). The zero-order valence-electron chi connectivity index (χ0n) is 12.3. The van der Waals surface area contributed by atoms with Crippen molar-refractivity contribution in [2.45, 2.75) is 77.7 Å². The van der Waals surface area contributed by atoms with Crippen LogP contribution in [0.5, 0.6) is 0 Å². The third-order valence-electron chi connectivity index (χ3n) is 3.66. The molecule has 0 amide bonds. The molecule has 1 unspecified atom stereocenters. The zero-order valence-corrected chi connectivity index (χ0v) is 12.3. The Labute approximate surface area is 106 Å². The molecule has 1 N–H and O–H groups in total. The number of nitrogens with zero attached hydrogens (tertiary/aromatic N) is 1. The molecule has 0 aromatic carbocycles. The Kier molecular flexibility index (Phi) is 4.61. The fraction of sp³-hybridized carbons (Fsp3) is 1.00. The number of hydrogen-bond donors (Lipinski definition) is 1. The SMILES string of the molecule is CC(C)N(CCCO)C1CC(C)(C)OC1(C)C. The van der Waals surface area contributed by atoms with Crippen LogP contribution in [0.15, 0.2) is 0 Å². The van der Waals surface area contributed by atoms with Gasteiger partial charge in [-0.05, 0) is 54.4 Å². The lowest BCUT2D eigenvalue weighted by molar-refractivity contribution is -0.0834. The predicted octanol–water partition coefficient (Wildman–Crippen LogP) is 2.43. The van der Waals surface area contributed by atoms with Crippen molar-refractivity contribution >= 4 is 0 Å². The molecule has 0 aromatic rings. The first-order valence-electron chi connectivity index (χ1n) is 6.76. The average molecular weight is 243 g/mol. The Hall–Kier alpha value is -0.120. The Morgan fingerprint density at radius 2 is 1.88 bits per heavy atom. The highest BCUT2D eigenvalue weighted by molar-refractivity contribution is 5.00. The molecule has 102 valence electrons. The Balaban J connectivity index is 2.80. The molecule has 0 aliphatic carbocycles. The quantitative estimate of drug-likeness (QED) is 0.805. The Morgan fingerprint density at radius 3 is 2.24 bits per heavy atom. The van der Waals surface area contributed by atoms with Crippen LogP contribution in [-0.2, 0) is 4.74 Å². The van der Waals surface area contributed by atoms with Crippen molar-refractivity contribution < 1.29 is 9.84 Å². The average Bonchev–Trinajstić information content (AvgIpc) is 2.35. The lowest BCUT2D eigenvalue weighted by Gasteiger charge is -2.39. The van der Waals surface area contributed by atoms with Gasteiger partial charge in [-0.3, -0.25) is 4.90 Å². The largest absolute Gasteiger partial charge is 0.396 e. The van der Waals surface area contributed by atoms with Gasteiger partial charge in [-0.1, -0.05) is 0 Å². The van der Waals surface area contributed by atoms with Gasteiger partial charge in [0.05, 0.1) is 11.2 Å². The normalized spacial score (nSPS) is 27.0. The van der Waals surface area contributed by atoms with E-state index >= 15 is 0 Å². The van der Waals surface area contributed by atoms with Crippen LogP contribution in [0.25, 0.3) is 0 Å². The van der Waals surface area contributed by atoms with E-state index in [4.69, 9.17) is 9.84 Å². The predicted molar refractivity (Wildman–Crippen MR) is 71.2 cm³/mol. The van der Waals surface area contributed by atoms with Crippen LogP contribution in [-0.4, -0.2) is 46.4 Å². The summed E-state index contributed by atoms with van der Waals surface area (Å²) in [6, 6.07) is 0.923. The maximum absolute atomic E-state index is 9.01. The molecule has 1 aliphatic rings. The van der Waals surface area contributed by atoms with Crippen LogP contribution in [0.3, 0.4) is 0 Å². The lowest BCUT2D eigenvalue weighted by Crippen LogP contribution is -2.50. The van der Waals surface area contributed by atoms with E-state index in [1.54, 1.807) is 0 Å². The molecular formula is C14H29NO2. The smallest absolute Gasteiger partial charge is 0.0789 e. The fourth-order valence-corrected chi connectivity index (χ4v) is 3.08. The number of hydrogen-bond acceptors (Lipinski definition) is 3. The Morgan fingerprint density at radius 1 is 1.29 bits per heavy atom. The zero-order chi connectivity index (χ0) is 13.3. The summed E-state index contributed by atoms with van der Waals surface area (Å²) in [4.78, 5) is 2.48. The molecule has 1 aliphatic heterocycles. The van der Waals surface area contributed by atoms with Gasteiger partial charge in [0.15, 0.2) is 0 Å². The van der Waals surface area contributed by atoms with Gasteiger partial charge in [0.25, 0.3) is 0 Å². The molecular weight excluding hydrogens is 214 g/mol. The van der Waals surface area contributed by atoms with Crippen molar-refractivity contribution in [3.63, 3.8) is 0 Å². The van der Waals surface area contributed by atoms with Gasteiger partial charge in [-0.2, -0.15) is 0 Å².